The number of nitrogens with zero attached hydrogens (tertiary/aromatic N) is 2. The van der Waals surface area contributed by atoms with Gasteiger partial charge in [0.1, 0.15) is 6.04 Å². The summed E-state index contributed by atoms with van der Waals surface area (Å²) in [6, 6.07) is 5.67. The summed E-state index contributed by atoms with van der Waals surface area (Å²) < 4.78 is 40.5. The van der Waals surface area contributed by atoms with E-state index >= 15 is 0 Å². The molecule has 0 bridgehead atoms. The summed E-state index contributed by atoms with van der Waals surface area (Å²) in [4.78, 5) is 15.0. The van der Waals surface area contributed by atoms with E-state index in [9.17, 15) is 18.0 Å². The summed E-state index contributed by atoms with van der Waals surface area (Å²) in [5, 5.41) is 0. The molecule has 0 radical (unpaired) electrons. The van der Waals surface area contributed by atoms with Gasteiger partial charge in [0.15, 0.2) is 0 Å². The van der Waals surface area contributed by atoms with Crippen molar-refractivity contribution in [2.24, 2.45) is 5.73 Å². The van der Waals surface area contributed by atoms with Gasteiger partial charge in [0.2, 0.25) is 5.91 Å². The SMILES string of the molecule is CCC(N)C(=O)N1CCN(C(c2ccccc2)C(F)(F)F)CC1.Cl. The van der Waals surface area contributed by atoms with Gasteiger partial charge in [-0.05, 0) is 12.0 Å². The summed E-state index contributed by atoms with van der Waals surface area (Å²) in [5.41, 5.74) is 5.94. The van der Waals surface area contributed by atoms with Crippen molar-refractivity contribution in [2.45, 2.75) is 31.6 Å². The molecule has 1 saturated heterocycles. The second kappa shape index (κ2) is 8.69. The van der Waals surface area contributed by atoms with Crippen LogP contribution in [0.3, 0.4) is 0 Å². The molecule has 2 unspecified atom stereocenters. The number of alkyl halides is 3. The molecule has 1 heterocycles. The first-order valence-corrected chi connectivity index (χ1v) is 7.74. The summed E-state index contributed by atoms with van der Waals surface area (Å²) >= 11 is 0. The van der Waals surface area contributed by atoms with Crippen LogP contribution >= 0.6 is 12.4 Å². The Morgan fingerprint density at radius 2 is 1.71 bits per heavy atom. The van der Waals surface area contributed by atoms with E-state index in [1.165, 1.54) is 17.0 Å². The summed E-state index contributed by atoms with van der Waals surface area (Å²) in [6.45, 7) is 2.72. The van der Waals surface area contributed by atoms with Gasteiger partial charge >= 0.3 is 6.18 Å². The number of benzene rings is 1. The lowest BCUT2D eigenvalue weighted by molar-refractivity contribution is -0.190. The van der Waals surface area contributed by atoms with Crippen LogP contribution in [0.4, 0.5) is 13.2 Å². The lowest BCUT2D eigenvalue weighted by Gasteiger charge is -2.40. The zero-order chi connectivity index (χ0) is 17.0. The molecule has 0 saturated carbocycles. The molecule has 1 aliphatic heterocycles. The summed E-state index contributed by atoms with van der Waals surface area (Å²) in [6.07, 6.45) is -3.83. The quantitative estimate of drug-likeness (QED) is 0.892. The molecule has 4 nitrogen and oxygen atoms in total. The molecule has 0 aliphatic carbocycles. The van der Waals surface area contributed by atoms with Crippen LogP contribution in [0.15, 0.2) is 30.3 Å². The fourth-order valence-electron chi connectivity index (χ4n) is 2.85. The average Bonchev–Trinajstić information content (AvgIpc) is 2.54. The molecular formula is C16H23ClF3N3O. The lowest BCUT2D eigenvalue weighted by Crippen LogP contribution is -2.55. The van der Waals surface area contributed by atoms with Crippen molar-refractivity contribution >= 4 is 18.3 Å². The Morgan fingerprint density at radius 1 is 1.17 bits per heavy atom. The summed E-state index contributed by atoms with van der Waals surface area (Å²) in [7, 11) is 0. The standard InChI is InChI=1S/C16H22F3N3O.ClH/c1-2-13(20)15(23)22-10-8-21(9-11-22)14(16(17,18)19)12-6-4-3-5-7-12;/h3-7,13-14H,2,8-11,20H2,1H3;1H. The predicted octanol–water partition coefficient (Wildman–Crippen LogP) is 2.59. The van der Waals surface area contributed by atoms with Crippen LogP contribution in [-0.4, -0.2) is 54.1 Å². The Balaban J connectivity index is 0.00000288. The highest BCUT2D eigenvalue weighted by Gasteiger charge is 2.45. The maximum Gasteiger partial charge on any atom is 0.408 e. The van der Waals surface area contributed by atoms with Gasteiger partial charge in [-0.2, -0.15) is 13.2 Å². The topological polar surface area (TPSA) is 49.6 Å². The van der Waals surface area contributed by atoms with Crippen LogP contribution in [0.1, 0.15) is 24.9 Å². The van der Waals surface area contributed by atoms with Gasteiger partial charge in [-0.15, -0.1) is 12.4 Å². The van der Waals surface area contributed by atoms with Crippen LogP contribution < -0.4 is 5.73 Å². The first kappa shape index (κ1) is 20.7. The van der Waals surface area contributed by atoms with Gasteiger partial charge < -0.3 is 10.6 Å². The Morgan fingerprint density at radius 3 is 2.17 bits per heavy atom. The van der Waals surface area contributed by atoms with E-state index in [2.05, 4.69) is 0 Å². The Bertz CT molecular complexity index is 519. The van der Waals surface area contributed by atoms with Crippen LogP contribution in [0.2, 0.25) is 0 Å². The molecule has 1 aromatic carbocycles. The molecular weight excluding hydrogens is 343 g/mol. The molecule has 136 valence electrons. The number of hydrogen-bond donors (Lipinski definition) is 1. The third kappa shape index (κ3) is 4.84. The van der Waals surface area contributed by atoms with Gasteiger partial charge in [-0.1, -0.05) is 37.3 Å². The number of amides is 1. The zero-order valence-corrected chi connectivity index (χ0v) is 14.3. The van der Waals surface area contributed by atoms with E-state index in [1.807, 2.05) is 6.92 Å². The highest BCUT2D eigenvalue weighted by Crippen LogP contribution is 2.38. The minimum absolute atomic E-state index is 0. The highest BCUT2D eigenvalue weighted by molar-refractivity contribution is 5.85. The van der Waals surface area contributed by atoms with E-state index in [0.717, 1.165) is 0 Å². The van der Waals surface area contributed by atoms with Crippen molar-refractivity contribution in [2.75, 3.05) is 26.2 Å². The second-order valence-electron chi connectivity index (χ2n) is 5.73. The van der Waals surface area contributed by atoms with Gasteiger partial charge in [0.05, 0.1) is 6.04 Å². The van der Waals surface area contributed by atoms with E-state index in [-0.39, 0.29) is 50.1 Å². The Hall–Kier alpha value is -1.31. The van der Waals surface area contributed by atoms with Crippen LogP contribution in [0.5, 0.6) is 0 Å². The Labute approximate surface area is 146 Å². The molecule has 2 rings (SSSR count). The van der Waals surface area contributed by atoms with Gasteiger partial charge in [0.25, 0.3) is 0 Å². The van der Waals surface area contributed by atoms with E-state index in [1.54, 1.807) is 23.1 Å². The predicted molar refractivity (Wildman–Crippen MR) is 88.9 cm³/mol. The Kier molecular flexibility index (Phi) is 7.51. The lowest BCUT2D eigenvalue weighted by atomic mass is 10.0. The maximum absolute atomic E-state index is 13.5. The molecule has 2 N–H and O–H groups in total. The third-order valence-electron chi connectivity index (χ3n) is 4.17. The fraction of sp³-hybridized carbons (Fsp3) is 0.562. The maximum atomic E-state index is 13.5. The second-order valence-corrected chi connectivity index (χ2v) is 5.73. The number of hydrogen-bond acceptors (Lipinski definition) is 3. The van der Waals surface area contributed by atoms with E-state index in [0.29, 0.717) is 6.42 Å². The van der Waals surface area contributed by atoms with Crippen molar-refractivity contribution in [3.8, 4) is 0 Å². The number of carbonyl (C=O) groups is 1. The molecule has 0 aromatic heterocycles. The fourth-order valence-corrected chi connectivity index (χ4v) is 2.85. The molecule has 24 heavy (non-hydrogen) atoms. The number of carbonyl (C=O) groups excluding carboxylic acids is 1. The molecule has 1 aromatic rings. The van der Waals surface area contributed by atoms with Crippen molar-refractivity contribution in [1.29, 1.82) is 0 Å². The van der Waals surface area contributed by atoms with Gasteiger partial charge in [-0.25, -0.2) is 0 Å². The van der Waals surface area contributed by atoms with Gasteiger partial charge in [-0.3, -0.25) is 9.69 Å². The van der Waals surface area contributed by atoms with Crippen LogP contribution in [0.25, 0.3) is 0 Å². The molecule has 1 fully saturated rings. The highest BCUT2D eigenvalue weighted by atomic mass is 35.5. The molecule has 2 atom stereocenters. The minimum Gasteiger partial charge on any atom is -0.339 e. The van der Waals surface area contributed by atoms with Crippen LogP contribution in [0, 0.1) is 0 Å². The normalized spacial score (nSPS) is 18.6. The van der Waals surface area contributed by atoms with Gasteiger partial charge in [0, 0.05) is 26.2 Å². The van der Waals surface area contributed by atoms with Crippen LogP contribution in [-0.2, 0) is 4.79 Å². The monoisotopic (exact) mass is 365 g/mol. The first-order valence-electron chi connectivity index (χ1n) is 7.74. The largest absolute Gasteiger partial charge is 0.408 e. The number of piperazine rings is 1. The number of halogens is 4. The van der Waals surface area contributed by atoms with E-state index in [4.69, 9.17) is 5.73 Å². The van der Waals surface area contributed by atoms with Crippen molar-refractivity contribution in [3.63, 3.8) is 0 Å². The minimum atomic E-state index is -4.35. The van der Waals surface area contributed by atoms with E-state index < -0.39 is 18.3 Å². The molecule has 0 spiro atoms. The zero-order valence-electron chi connectivity index (χ0n) is 13.5. The molecule has 1 aliphatic rings. The number of nitrogens with two attached hydrogens (primary N) is 1. The first-order chi connectivity index (χ1) is 10.8. The molecule has 1 amide bonds. The number of rotatable bonds is 4. The smallest absolute Gasteiger partial charge is 0.339 e. The molecule has 8 heteroatoms. The van der Waals surface area contributed by atoms with Crippen molar-refractivity contribution in [1.82, 2.24) is 9.80 Å². The van der Waals surface area contributed by atoms with Crippen molar-refractivity contribution in [3.05, 3.63) is 35.9 Å². The van der Waals surface area contributed by atoms with Crippen molar-refractivity contribution < 1.29 is 18.0 Å². The summed E-state index contributed by atoms with van der Waals surface area (Å²) in [5.74, 6) is -0.185. The third-order valence-corrected chi connectivity index (χ3v) is 4.17. The average molecular weight is 366 g/mol.